The highest BCUT2D eigenvalue weighted by Gasteiger charge is 2.41. The SMILES string of the molecule is COC(=O)[C@H](C)N1C(=O)S/C(=C/c2cc(C)n(-c3cccc(I)c3)c2C)C1=O. The molecular weight excluding hydrogens is 491 g/mol. The fourth-order valence-corrected chi connectivity index (χ4v) is 4.60. The summed E-state index contributed by atoms with van der Waals surface area (Å²) in [5, 5.41) is -0.472. The number of hydrogen-bond acceptors (Lipinski definition) is 5. The Kier molecular flexibility index (Phi) is 5.99. The van der Waals surface area contributed by atoms with Crippen LogP contribution in [0.5, 0.6) is 0 Å². The van der Waals surface area contributed by atoms with E-state index in [2.05, 4.69) is 38.0 Å². The minimum atomic E-state index is -0.956. The second kappa shape index (κ2) is 8.12. The van der Waals surface area contributed by atoms with Crippen molar-refractivity contribution in [2.45, 2.75) is 26.8 Å². The molecule has 2 amide bonds. The van der Waals surface area contributed by atoms with Gasteiger partial charge >= 0.3 is 5.97 Å². The highest BCUT2D eigenvalue weighted by Crippen LogP contribution is 2.35. The number of esters is 1. The number of benzene rings is 1. The van der Waals surface area contributed by atoms with Crippen LogP contribution in [-0.4, -0.2) is 39.7 Å². The van der Waals surface area contributed by atoms with Crippen LogP contribution < -0.4 is 0 Å². The zero-order chi connectivity index (χ0) is 20.6. The Morgan fingerprint density at radius 2 is 1.96 bits per heavy atom. The minimum Gasteiger partial charge on any atom is -0.467 e. The third-order valence-corrected chi connectivity index (χ3v) is 6.13. The maximum atomic E-state index is 12.7. The number of hydrogen-bond donors (Lipinski definition) is 0. The van der Waals surface area contributed by atoms with Crippen molar-refractivity contribution in [2.24, 2.45) is 0 Å². The van der Waals surface area contributed by atoms with Gasteiger partial charge in [0.15, 0.2) is 0 Å². The second-order valence-electron chi connectivity index (χ2n) is 6.39. The van der Waals surface area contributed by atoms with Crippen molar-refractivity contribution >= 4 is 57.5 Å². The van der Waals surface area contributed by atoms with E-state index in [9.17, 15) is 14.4 Å². The number of rotatable bonds is 4. The van der Waals surface area contributed by atoms with Gasteiger partial charge in [0.05, 0.1) is 12.0 Å². The molecule has 1 saturated heterocycles. The van der Waals surface area contributed by atoms with Gasteiger partial charge in [0.25, 0.3) is 11.1 Å². The van der Waals surface area contributed by atoms with Crippen LogP contribution >= 0.6 is 34.4 Å². The van der Waals surface area contributed by atoms with Gasteiger partial charge in [-0.05, 0) is 91.0 Å². The molecule has 1 aliphatic heterocycles. The number of halogens is 1. The lowest BCUT2D eigenvalue weighted by molar-refractivity contribution is -0.148. The number of methoxy groups -OCH3 is 1. The standard InChI is InChI=1S/C20H19IN2O4S/c1-11-8-14(12(2)22(11)16-7-5-6-15(21)10-16)9-17-18(24)23(20(26)28-17)13(3)19(25)27-4/h5-10,13H,1-4H3/b17-9+/t13-/m0/s1. The summed E-state index contributed by atoms with van der Waals surface area (Å²) in [7, 11) is 1.23. The number of aromatic nitrogens is 1. The van der Waals surface area contributed by atoms with Crippen molar-refractivity contribution in [1.82, 2.24) is 9.47 Å². The van der Waals surface area contributed by atoms with Crippen LogP contribution in [0.25, 0.3) is 11.8 Å². The molecule has 0 bridgehead atoms. The van der Waals surface area contributed by atoms with Crippen LogP contribution in [0.3, 0.4) is 0 Å². The molecule has 1 fully saturated rings. The summed E-state index contributed by atoms with van der Waals surface area (Å²) in [5.41, 5.74) is 3.88. The van der Waals surface area contributed by atoms with Crippen LogP contribution in [0.1, 0.15) is 23.9 Å². The molecule has 28 heavy (non-hydrogen) atoms. The summed E-state index contributed by atoms with van der Waals surface area (Å²) in [6.07, 6.45) is 1.71. The number of imide groups is 1. The number of amides is 2. The fraction of sp³-hybridized carbons (Fsp3) is 0.250. The molecule has 1 aliphatic rings. The molecule has 0 saturated carbocycles. The zero-order valence-electron chi connectivity index (χ0n) is 15.9. The Hall–Kier alpha value is -2.07. The number of thioether (sulfide) groups is 1. The van der Waals surface area contributed by atoms with Crippen molar-refractivity contribution in [2.75, 3.05) is 7.11 Å². The van der Waals surface area contributed by atoms with Crippen LogP contribution in [0.2, 0.25) is 0 Å². The maximum absolute atomic E-state index is 12.7. The topological polar surface area (TPSA) is 68.6 Å². The molecule has 1 atom stereocenters. The molecule has 6 nitrogen and oxygen atoms in total. The highest BCUT2D eigenvalue weighted by molar-refractivity contribution is 14.1. The molecule has 2 heterocycles. The maximum Gasteiger partial charge on any atom is 0.328 e. The molecule has 0 aliphatic carbocycles. The predicted octanol–water partition coefficient (Wildman–Crippen LogP) is 4.30. The van der Waals surface area contributed by atoms with E-state index in [1.807, 2.05) is 38.1 Å². The molecule has 8 heteroatoms. The molecule has 3 rings (SSSR count). The van der Waals surface area contributed by atoms with Gasteiger partial charge in [0.1, 0.15) is 6.04 Å². The molecule has 1 aromatic carbocycles. The third-order valence-electron chi connectivity index (χ3n) is 4.58. The molecular formula is C20H19IN2O4S. The van der Waals surface area contributed by atoms with E-state index in [-0.39, 0.29) is 0 Å². The van der Waals surface area contributed by atoms with Crippen LogP contribution in [-0.2, 0) is 14.3 Å². The zero-order valence-corrected chi connectivity index (χ0v) is 18.8. The molecule has 0 radical (unpaired) electrons. The van der Waals surface area contributed by atoms with Gasteiger partial charge in [0.2, 0.25) is 0 Å². The van der Waals surface area contributed by atoms with E-state index in [0.29, 0.717) is 4.91 Å². The smallest absolute Gasteiger partial charge is 0.328 e. The number of nitrogens with zero attached hydrogens (tertiary/aromatic N) is 2. The fourth-order valence-electron chi connectivity index (χ4n) is 3.18. The van der Waals surface area contributed by atoms with E-state index >= 15 is 0 Å². The Morgan fingerprint density at radius 3 is 2.61 bits per heavy atom. The number of ether oxygens (including phenoxy) is 1. The van der Waals surface area contributed by atoms with Crippen molar-refractivity contribution in [3.63, 3.8) is 0 Å². The van der Waals surface area contributed by atoms with Crippen molar-refractivity contribution in [3.8, 4) is 5.69 Å². The number of carbonyl (C=O) groups is 3. The molecule has 146 valence electrons. The van der Waals surface area contributed by atoms with Gasteiger partial charge in [-0.15, -0.1) is 0 Å². The van der Waals surface area contributed by atoms with Crippen molar-refractivity contribution in [1.29, 1.82) is 0 Å². The summed E-state index contributed by atoms with van der Waals surface area (Å²) in [6, 6.07) is 9.15. The summed E-state index contributed by atoms with van der Waals surface area (Å²) in [6.45, 7) is 5.45. The Labute approximate surface area is 181 Å². The first-order valence-electron chi connectivity index (χ1n) is 8.54. The monoisotopic (exact) mass is 510 g/mol. The Bertz CT molecular complexity index is 1010. The first-order chi connectivity index (χ1) is 13.2. The summed E-state index contributed by atoms with van der Waals surface area (Å²) < 4.78 is 7.89. The van der Waals surface area contributed by atoms with Gasteiger partial charge in [0, 0.05) is 20.6 Å². The average molecular weight is 510 g/mol. The normalized spacial score (nSPS) is 16.8. The lowest BCUT2D eigenvalue weighted by atomic mass is 10.2. The van der Waals surface area contributed by atoms with E-state index in [0.717, 1.165) is 42.9 Å². The first-order valence-corrected chi connectivity index (χ1v) is 10.4. The molecule has 0 N–H and O–H groups in total. The number of aryl methyl sites for hydroxylation is 1. The summed E-state index contributed by atoms with van der Waals surface area (Å²) in [5.74, 6) is -1.10. The van der Waals surface area contributed by atoms with Crippen LogP contribution in [0.15, 0.2) is 35.2 Å². The van der Waals surface area contributed by atoms with Crippen molar-refractivity contribution < 1.29 is 19.1 Å². The van der Waals surface area contributed by atoms with Gasteiger partial charge in [-0.3, -0.25) is 14.5 Å². The predicted molar refractivity (Wildman–Crippen MR) is 117 cm³/mol. The molecule has 0 spiro atoms. The van der Waals surface area contributed by atoms with Crippen molar-refractivity contribution in [3.05, 3.63) is 55.8 Å². The quantitative estimate of drug-likeness (QED) is 0.349. The van der Waals surface area contributed by atoms with Crippen LogP contribution in [0, 0.1) is 17.4 Å². The van der Waals surface area contributed by atoms with E-state index < -0.39 is 23.2 Å². The summed E-state index contributed by atoms with van der Waals surface area (Å²) >= 11 is 3.11. The van der Waals surface area contributed by atoms with Gasteiger partial charge < -0.3 is 9.30 Å². The largest absolute Gasteiger partial charge is 0.467 e. The van der Waals surface area contributed by atoms with Crippen LogP contribution in [0.4, 0.5) is 4.79 Å². The van der Waals surface area contributed by atoms with E-state index in [1.165, 1.54) is 14.0 Å². The summed E-state index contributed by atoms with van der Waals surface area (Å²) in [4.78, 5) is 38.0. The van der Waals surface area contributed by atoms with E-state index in [4.69, 9.17) is 0 Å². The van der Waals surface area contributed by atoms with E-state index in [1.54, 1.807) is 6.08 Å². The lowest BCUT2D eigenvalue weighted by Crippen LogP contribution is -2.42. The molecule has 0 unspecified atom stereocenters. The molecule has 2 aromatic rings. The number of carbonyl (C=O) groups excluding carboxylic acids is 3. The highest BCUT2D eigenvalue weighted by atomic mass is 127. The van der Waals surface area contributed by atoms with Gasteiger partial charge in [-0.25, -0.2) is 4.79 Å². The minimum absolute atomic E-state index is 0.295. The van der Waals surface area contributed by atoms with Gasteiger partial charge in [-0.2, -0.15) is 0 Å². The average Bonchev–Trinajstić information content (AvgIpc) is 3.09. The Balaban J connectivity index is 1.97. The Morgan fingerprint density at radius 1 is 1.25 bits per heavy atom. The second-order valence-corrected chi connectivity index (χ2v) is 8.63. The lowest BCUT2D eigenvalue weighted by Gasteiger charge is -2.18. The van der Waals surface area contributed by atoms with Gasteiger partial charge in [-0.1, -0.05) is 6.07 Å². The third kappa shape index (κ3) is 3.75. The molecule has 1 aromatic heterocycles. The first kappa shape index (κ1) is 20.7.